The molecule has 2 rings (SSSR count). The number of pyridine rings is 1. The van der Waals surface area contributed by atoms with Crippen molar-refractivity contribution in [2.45, 2.75) is 24.9 Å². The molecule has 1 aliphatic rings. The molecule has 0 bridgehead atoms. The lowest BCUT2D eigenvalue weighted by molar-refractivity contribution is -0.384. The van der Waals surface area contributed by atoms with Crippen LogP contribution in [0.3, 0.4) is 0 Å². The number of nitrogens with zero attached hydrogens (tertiary/aromatic N) is 2. The van der Waals surface area contributed by atoms with E-state index in [1.54, 1.807) is 0 Å². The molecule has 98 valence electrons. The number of nitrogens with one attached hydrogen (secondary N) is 1. The van der Waals surface area contributed by atoms with Gasteiger partial charge in [0.15, 0.2) is 0 Å². The Bertz CT molecular complexity index is 460. The van der Waals surface area contributed by atoms with Gasteiger partial charge in [0.05, 0.1) is 17.6 Å². The average molecular weight is 253 g/mol. The molecule has 1 aliphatic carbocycles. The summed E-state index contributed by atoms with van der Waals surface area (Å²) in [4.78, 5) is 14.3. The summed E-state index contributed by atoms with van der Waals surface area (Å²) in [6.07, 6.45) is 2.39. The lowest BCUT2D eigenvalue weighted by Crippen LogP contribution is -2.43. The fraction of sp³-hybridized carbons (Fsp3) is 0.545. The maximum atomic E-state index is 10.9. The van der Waals surface area contributed by atoms with Crippen molar-refractivity contribution in [3.05, 3.63) is 22.2 Å². The number of rotatable bonds is 5. The van der Waals surface area contributed by atoms with Gasteiger partial charge < -0.3 is 15.2 Å². The van der Waals surface area contributed by atoms with Gasteiger partial charge in [-0.15, -0.1) is 0 Å². The molecule has 1 heterocycles. The second-order valence-corrected chi connectivity index (χ2v) is 4.41. The van der Waals surface area contributed by atoms with E-state index in [4.69, 9.17) is 4.74 Å². The zero-order chi connectivity index (χ0) is 13.2. The fourth-order valence-corrected chi connectivity index (χ4v) is 1.83. The van der Waals surface area contributed by atoms with Crippen LogP contribution in [-0.2, 0) is 0 Å². The molecule has 0 saturated heterocycles. The second-order valence-electron chi connectivity index (χ2n) is 4.41. The Morgan fingerprint density at radius 2 is 2.33 bits per heavy atom. The van der Waals surface area contributed by atoms with Crippen molar-refractivity contribution in [2.24, 2.45) is 0 Å². The van der Waals surface area contributed by atoms with E-state index >= 15 is 0 Å². The summed E-state index contributed by atoms with van der Waals surface area (Å²) in [7, 11) is 1.44. The number of aromatic nitrogens is 1. The molecule has 1 saturated carbocycles. The van der Waals surface area contributed by atoms with Gasteiger partial charge in [0, 0.05) is 18.7 Å². The van der Waals surface area contributed by atoms with Crippen LogP contribution in [0.2, 0.25) is 0 Å². The highest BCUT2D eigenvalue weighted by atomic mass is 16.6. The molecule has 0 aliphatic heterocycles. The lowest BCUT2D eigenvalue weighted by Gasteiger charge is -2.36. The summed E-state index contributed by atoms with van der Waals surface area (Å²) in [5.41, 5.74) is -0.891. The number of hydrogen-bond donors (Lipinski definition) is 2. The van der Waals surface area contributed by atoms with Crippen molar-refractivity contribution >= 4 is 11.5 Å². The van der Waals surface area contributed by atoms with Gasteiger partial charge in [0.1, 0.15) is 0 Å². The van der Waals surface area contributed by atoms with Crippen LogP contribution in [0.5, 0.6) is 5.88 Å². The first-order chi connectivity index (χ1) is 8.54. The van der Waals surface area contributed by atoms with E-state index in [0.29, 0.717) is 18.7 Å². The Kier molecular flexibility index (Phi) is 3.33. The molecule has 0 atom stereocenters. The SMILES string of the molecule is COc1ccc([N+](=O)[O-])c(NCC2(O)CCC2)n1. The van der Waals surface area contributed by atoms with Crippen molar-refractivity contribution in [1.29, 1.82) is 0 Å². The quantitative estimate of drug-likeness (QED) is 0.606. The van der Waals surface area contributed by atoms with Crippen molar-refractivity contribution in [3.63, 3.8) is 0 Å². The third-order valence-corrected chi connectivity index (χ3v) is 3.12. The van der Waals surface area contributed by atoms with Crippen molar-refractivity contribution in [3.8, 4) is 5.88 Å². The fourth-order valence-electron chi connectivity index (χ4n) is 1.83. The van der Waals surface area contributed by atoms with Crippen LogP contribution in [0.4, 0.5) is 11.5 Å². The molecule has 18 heavy (non-hydrogen) atoms. The molecular weight excluding hydrogens is 238 g/mol. The second kappa shape index (κ2) is 4.77. The van der Waals surface area contributed by atoms with E-state index in [1.165, 1.54) is 19.2 Å². The maximum absolute atomic E-state index is 10.9. The van der Waals surface area contributed by atoms with Crippen LogP contribution >= 0.6 is 0 Å². The average Bonchev–Trinajstić information content (AvgIpc) is 2.33. The van der Waals surface area contributed by atoms with E-state index < -0.39 is 10.5 Å². The Balaban J connectivity index is 2.15. The predicted molar refractivity (Wildman–Crippen MR) is 64.7 cm³/mol. The monoisotopic (exact) mass is 253 g/mol. The van der Waals surface area contributed by atoms with Crippen LogP contribution in [0.1, 0.15) is 19.3 Å². The highest BCUT2D eigenvalue weighted by Crippen LogP contribution is 2.33. The summed E-state index contributed by atoms with van der Waals surface area (Å²) in [6, 6.07) is 2.76. The van der Waals surface area contributed by atoms with Gasteiger partial charge in [0.25, 0.3) is 0 Å². The van der Waals surface area contributed by atoms with Gasteiger partial charge in [-0.1, -0.05) is 0 Å². The van der Waals surface area contributed by atoms with E-state index in [-0.39, 0.29) is 18.1 Å². The molecule has 0 aromatic carbocycles. The van der Waals surface area contributed by atoms with Crippen LogP contribution in [-0.4, -0.2) is 34.3 Å². The van der Waals surface area contributed by atoms with Gasteiger partial charge in [-0.2, -0.15) is 4.98 Å². The number of hydrogen-bond acceptors (Lipinski definition) is 6. The smallest absolute Gasteiger partial charge is 0.311 e. The first kappa shape index (κ1) is 12.6. The maximum Gasteiger partial charge on any atom is 0.311 e. The number of anilines is 1. The Hall–Kier alpha value is -1.89. The molecule has 7 nitrogen and oxygen atoms in total. The number of aliphatic hydroxyl groups is 1. The minimum atomic E-state index is -0.765. The lowest BCUT2D eigenvalue weighted by atomic mass is 9.80. The third-order valence-electron chi connectivity index (χ3n) is 3.12. The highest BCUT2D eigenvalue weighted by Gasteiger charge is 2.34. The van der Waals surface area contributed by atoms with Crippen LogP contribution < -0.4 is 10.1 Å². The van der Waals surface area contributed by atoms with Crippen molar-refractivity contribution in [1.82, 2.24) is 4.98 Å². The van der Waals surface area contributed by atoms with Crippen molar-refractivity contribution in [2.75, 3.05) is 19.0 Å². The van der Waals surface area contributed by atoms with E-state index in [9.17, 15) is 15.2 Å². The highest BCUT2D eigenvalue weighted by molar-refractivity contribution is 5.57. The van der Waals surface area contributed by atoms with Crippen molar-refractivity contribution < 1.29 is 14.8 Å². The Labute approximate surface area is 104 Å². The van der Waals surface area contributed by atoms with Gasteiger partial charge in [-0.25, -0.2) is 0 Å². The normalized spacial score (nSPS) is 16.8. The molecule has 1 aromatic rings. The molecule has 1 aromatic heterocycles. The first-order valence-corrected chi connectivity index (χ1v) is 5.70. The van der Waals surface area contributed by atoms with Crippen LogP contribution in [0, 0.1) is 10.1 Å². The van der Waals surface area contributed by atoms with Gasteiger partial charge in [-0.3, -0.25) is 10.1 Å². The molecular formula is C11H15N3O4. The number of methoxy groups -OCH3 is 1. The summed E-state index contributed by atoms with van der Waals surface area (Å²) in [6.45, 7) is 0.258. The molecule has 0 amide bonds. The minimum absolute atomic E-state index is 0.125. The molecule has 0 radical (unpaired) electrons. The van der Waals surface area contributed by atoms with Gasteiger partial charge >= 0.3 is 5.69 Å². The Morgan fingerprint density at radius 1 is 1.61 bits per heavy atom. The van der Waals surface area contributed by atoms with Gasteiger partial charge in [-0.05, 0) is 19.3 Å². The summed E-state index contributed by atoms with van der Waals surface area (Å²) >= 11 is 0. The van der Waals surface area contributed by atoms with E-state index in [1.807, 2.05) is 0 Å². The molecule has 1 fully saturated rings. The molecule has 0 unspecified atom stereocenters. The predicted octanol–water partition coefficient (Wildman–Crippen LogP) is 1.33. The zero-order valence-electron chi connectivity index (χ0n) is 10.0. The summed E-state index contributed by atoms with van der Waals surface area (Å²) in [5, 5.41) is 23.6. The first-order valence-electron chi connectivity index (χ1n) is 5.70. The number of nitro groups is 1. The largest absolute Gasteiger partial charge is 0.481 e. The van der Waals surface area contributed by atoms with Gasteiger partial charge in [0.2, 0.25) is 11.7 Å². The summed E-state index contributed by atoms with van der Waals surface area (Å²) < 4.78 is 4.93. The zero-order valence-corrected chi connectivity index (χ0v) is 10.0. The van der Waals surface area contributed by atoms with E-state index in [0.717, 1.165) is 6.42 Å². The number of ether oxygens (including phenoxy) is 1. The van der Waals surface area contributed by atoms with E-state index in [2.05, 4.69) is 10.3 Å². The molecule has 0 spiro atoms. The van der Waals surface area contributed by atoms with Crippen LogP contribution in [0.15, 0.2) is 12.1 Å². The standard InChI is InChI=1S/C11H15N3O4/c1-18-9-4-3-8(14(16)17)10(13-9)12-7-11(15)5-2-6-11/h3-4,15H,2,5-7H2,1H3,(H,12,13). The summed E-state index contributed by atoms with van der Waals surface area (Å²) in [5.74, 6) is 0.420. The molecule has 7 heteroatoms. The minimum Gasteiger partial charge on any atom is -0.481 e. The Morgan fingerprint density at radius 3 is 2.83 bits per heavy atom. The topological polar surface area (TPSA) is 97.5 Å². The molecule has 2 N–H and O–H groups in total. The third kappa shape index (κ3) is 2.51. The van der Waals surface area contributed by atoms with Crippen LogP contribution in [0.25, 0.3) is 0 Å².